The Morgan fingerprint density at radius 2 is 2.00 bits per heavy atom. The first-order valence-electron chi connectivity index (χ1n) is 6.00. The Kier molecular flexibility index (Phi) is 5.17. The number of hydrogen-bond acceptors (Lipinski definition) is 3. The maximum absolute atomic E-state index is 13.0. The molecule has 0 aromatic heterocycles. The van der Waals surface area contributed by atoms with Gasteiger partial charge in [-0.2, -0.15) is 13.2 Å². The fourth-order valence-corrected chi connectivity index (χ4v) is 1.74. The Bertz CT molecular complexity index is 543. The third-order valence-electron chi connectivity index (χ3n) is 2.79. The lowest BCUT2D eigenvalue weighted by molar-refractivity contribution is -0.139. The zero-order valence-electron chi connectivity index (χ0n) is 11.3. The Labute approximate surface area is 118 Å². The van der Waals surface area contributed by atoms with E-state index in [9.17, 15) is 22.8 Å². The molecule has 116 valence electrons. The lowest BCUT2D eigenvalue weighted by Gasteiger charge is -2.18. The van der Waals surface area contributed by atoms with Gasteiger partial charge in [0.1, 0.15) is 11.8 Å². The second-order valence-corrected chi connectivity index (χ2v) is 4.15. The molecule has 2 N–H and O–H groups in total. The average Bonchev–Trinajstić information content (AvgIpc) is 2.42. The highest BCUT2D eigenvalue weighted by molar-refractivity contribution is 6.00. The van der Waals surface area contributed by atoms with E-state index in [-0.39, 0.29) is 12.2 Å². The van der Waals surface area contributed by atoms with Crippen LogP contribution in [0, 0.1) is 0 Å². The van der Waals surface area contributed by atoms with E-state index in [0.29, 0.717) is 0 Å². The van der Waals surface area contributed by atoms with Gasteiger partial charge < -0.3 is 15.2 Å². The molecule has 0 bridgehead atoms. The highest BCUT2D eigenvalue weighted by Crippen LogP contribution is 2.35. The number of ether oxygens (including phenoxy) is 1. The monoisotopic (exact) mass is 305 g/mol. The summed E-state index contributed by atoms with van der Waals surface area (Å²) in [6.07, 6.45) is -4.72. The topological polar surface area (TPSA) is 75.6 Å². The summed E-state index contributed by atoms with van der Waals surface area (Å²) in [5.41, 5.74) is -1.91. The number of nitrogens with one attached hydrogen (secondary N) is 1. The molecule has 0 radical (unpaired) electrons. The van der Waals surface area contributed by atoms with Crippen LogP contribution in [0.3, 0.4) is 0 Å². The summed E-state index contributed by atoms with van der Waals surface area (Å²) in [6, 6.07) is 1.77. The summed E-state index contributed by atoms with van der Waals surface area (Å²) in [6.45, 7) is 1.49. The minimum absolute atomic E-state index is 0.0393. The van der Waals surface area contributed by atoms with Gasteiger partial charge in [-0.3, -0.25) is 4.79 Å². The lowest BCUT2D eigenvalue weighted by atomic mass is 10.0. The minimum atomic E-state index is -4.76. The molecule has 8 heteroatoms. The summed E-state index contributed by atoms with van der Waals surface area (Å²) in [7, 11) is 1.13. The molecule has 21 heavy (non-hydrogen) atoms. The molecule has 0 aliphatic heterocycles. The smallest absolute Gasteiger partial charge is 0.417 e. The first-order valence-corrected chi connectivity index (χ1v) is 6.00. The van der Waals surface area contributed by atoms with Crippen LogP contribution in [-0.2, 0) is 11.0 Å². The van der Waals surface area contributed by atoms with Gasteiger partial charge in [0, 0.05) is 0 Å². The number of halogens is 3. The molecule has 1 aromatic rings. The number of aliphatic carboxylic acids is 1. The van der Waals surface area contributed by atoms with Crippen LogP contribution in [-0.4, -0.2) is 30.1 Å². The molecule has 1 amide bonds. The number of carbonyl (C=O) groups is 2. The highest BCUT2D eigenvalue weighted by Gasteiger charge is 2.37. The summed E-state index contributed by atoms with van der Waals surface area (Å²) >= 11 is 0. The number of carbonyl (C=O) groups excluding carboxylic acids is 1. The standard InChI is InChI=1S/C13H14F3NO4/c1-3-8(12(19)20)17-11(18)10-7(13(14,15)16)5-4-6-9(10)21-2/h4-6,8H,3H2,1-2H3,(H,17,18)(H,19,20). The molecule has 0 fully saturated rings. The second-order valence-electron chi connectivity index (χ2n) is 4.15. The van der Waals surface area contributed by atoms with Crippen LogP contribution >= 0.6 is 0 Å². The summed E-state index contributed by atoms with van der Waals surface area (Å²) in [4.78, 5) is 22.9. The van der Waals surface area contributed by atoms with Crippen molar-refractivity contribution in [3.63, 3.8) is 0 Å². The number of alkyl halides is 3. The van der Waals surface area contributed by atoms with Gasteiger partial charge in [-0.25, -0.2) is 4.79 Å². The molecular weight excluding hydrogens is 291 g/mol. The Hall–Kier alpha value is -2.25. The van der Waals surface area contributed by atoms with Crippen molar-refractivity contribution < 1.29 is 32.6 Å². The molecule has 0 saturated heterocycles. The zero-order chi connectivity index (χ0) is 16.2. The second kappa shape index (κ2) is 6.47. The molecule has 0 spiro atoms. The van der Waals surface area contributed by atoms with Gasteiger partial charge in [0.15, 0.2) is 0 Å². The van der Waals surface area contributed by atoms with E-state index in [1.165, 1.54) is 13.0 Å². The van der Waals surface area contributed by atoms with E-state index in [1.807, 2.05) is 0 Å². The molecule has 0 heterocycles. The van der Waals surface area contributed by atoms with Gasteiger partial charge in [-0.15, -0.1) is 0 Å². The van der Waals surface area contributed by atoms with Gasteiger partial charge in [-0.05, 0) is 18.6 Å². The number of carboxylic acid groups (broad SMARTS) is 1. The molecule has 1 aromatic carbocycles. The average molecular weight is 305 g/mol. The number of benzene rings is 1. The third-order valence-corrected chi connectivity index (χ3v) is 2.79. The molecule has 1 atom stereocenters. The van der Waals surface area contributed by atoms with Crippen LogP contribution in [0.5, 0.6) is 5.75 Å². The summed E-state index contributed by atoms with van der Waals surface area (Å²) in [5.74, 6) is -2.74. The number of rotatable bonds is 5. The lowest BCUT2D eigenvalue weighted by Crippen LogP contribution is -2.41. The first-order chi connectivity index (χ1) is 9.72. The first kappa shape index (κ1) is 16.8. The van der Waals surface area contributed by atoms with Crippen LogP contribution in [0.25, 0.3) is 0 Å². The number of amides is 1. The number of carboxylic acids is 1. The SMILES string of the molecule is CCC(NC(=O)c1c(OC)cccc1C(F)(F)F)C(=O)O. The van der Waals surface area contributed by atoms with E-state index in [0.717, 1.165) is 19.2 Å². The molecule has 1 rings (SSSR count). The van der Waals surface area contributed by atoms with Crippen molar-refractivity contribution in [2.75, 3.05) is 7.11 Å². The van der Waals surface area contributed by atoms with Crippen LogP contribution in [0.4, 0.5) is 13.2 Å². The van der Waals surface area contributed by atoms with E-state index in [2.05, 4.69) is 5.32 Å². The predicted octanol–water partition coefficient (Wildman–Crippen LogP) is 2.31. The van der Waals surface area contributed by atoms with Gasteiger partial charge in [0.25, 0.3) is 5.91 Å². The molecular formula is C13H14F3NO4. The normalized spacial score (nSPS) is 12.6. The largest absolute Gasteiger partial charge is 0.496 e. The van der Waals surface area contributed by atoms with E-state index in [1.54, 1.807) is 0 Å². The quantitative estimate of drug-likeness (QED) is 0.875. The van der Waals surface area contributed by atoms with Crippen LogP contribution in [0.15, 0.2) is 18.2 Å². The van der Waals surface area contributed by atoms with Crippen molar-refractivity contribution in [1.82, 2.24) is 5.32 Å². The Morgan fingerprint density at radius 1 is 1.38 bits per heavy atom. The van der Waals surface area contributed by atoms with Crippen molar-refractivity contribution in [1.29, 1.82) is 0 Å². The third kappa shape index (κ3) is 3.87. The van der Waals surface area contributed by atoms with Crippen LogP contribution in [0.1, 0.15) is 29.3 Å². The van der Waals surface area contributed by atoms with Crippen LogP contribution < -0.4 is 10.1 Å². The van der Waals surface area contributed by atoms with Crippen molar-refractivity contribution in [3.05, 3.63) is 29.3 Å². The molecule has 1 unspecified atom stereocenters. The maximum atomic E-state index is 13.0. The summed E-state index contributed by atoms with van der Waals surface area (Å²) in [5, 5.41) is 10.9. The highest BCUT2D eigenvalue weighted by atomic mass is 19.4. The van der Waals surface area contributed by atoms with Gasteiger partial charge in [0.2, 0.25) is 0 Å². The fourth-order valence-electron chi connectivity index (χ4n) is 1.74. The Balaban J connectivity index is 3.27. The number of hydrogen-bond donors (Lipinski definition) is 2. The van der Waals surface area contributed by atoms with Crippen molar-refractivity contribution in [2.24, 2.45) is 0 Å². The van der Waals surface area contributed by atoms with Crippen LogP contribution in [0.2, 0.25) is 0 Å². The minimum Gasteiger partial charge on any atom is -0.496 e. The van der Waals surface area contributed by atoms with Crippen molar-refractivity contribution >= 4 is 11.9 Å². The maximum Gasteiger partial charge on any atom is 0.417 e. The molecule has 0 aliphatic rings. The van der Waals surface area contributed by atoms with Gasteiger partial charge >= 0.3 is 12.1 Å². The van der Waals surface area contributed by atoms with Gasteiger partial charge in [-0.1, -0.05) is 13.0 Å². The fraction of sp³-hybridized carbons (Fsp3) is 0.385. The van der Waals surface area contributed by atoms with Crippen molar-refractivity contribution in [3.8, 4) is 5.75 Å². The Morgan fingerprint density at radius 3 is 2.43 bits per heavy atom. The van der Waals surface area contributed by atoms with Crippen molar-refractivity contribution in [2.45, 2.75) is 25.6 Å². The number of methoxy groups -OCH3 is 1. The van der Waals surface area contributed by atoms with E-state index >= 15 is 0 Å². The zero-order valence-corrected chi connectivity index (χ0v) is 11.3. The molecule has 5 nitrogen and oxygen atoms in total. The summed E-state index contributed by atoms with van der Waals surface area (Å²) < 4.78 is 43.6. The predicted molar refractivity (Wildman–Crippen MR) is 67.2 cm³/mol. The van der Waals surface area contributed by atoms with E-state index < -0.39 is 35.2 Å². The van der Waals surface area contributed by atoms with Gasteiger partial charge in [0.05, 0.1) is 18.2 Å². The molecule has 0 aliphatic carbocycles. The van der Waals surface area contributed by atoms with E-state index in [4.69, 9.17) is 9.84 Å². The molecule has 0 saturated carbocycles.